The zero-order valence-corrected chi connectivity index (χ0v) is 10.9. The van der Waals surface area contributed by atoms with Gasteiger partial charge >= 0.3 is 0 Å². The molecule has 1 saturated carbocycles. The highest BCUT2D eigenvalue weighted by atomic mass is 16.2. The molecule has 2 atom stereocenters. The summed E-state index contributed by atoms with van der Waals surface area (Å²) in [6, 6.07) is 0.440. The van der Waals surface area contributed by atoms with Gasteiger partial charge in [0, 0.05) is 19.0 Å². The molecular weight excluding hydrogens is 228 g/mol. The number of hydrogen-bond donors (Lipinski definition) is 1. The molecule has 0 spiro atoms. The number of aromatic amines is 1. The van der Waals surface area contributed by atoms with Crippen LogP contribution in [0.4, 0.5) is 0 Å². The molecule has 2 heterocycles. The van der Waals surface area contributed by atoms with Crippen LogP contribution in [0.2, 0.25) is 0 Å². The smallest absolute Gasteiger partial charge is 0.293 e. The molecule has 1 saturated heterocycles. The quantitative estimate of drug-likeness (QED) is 0.867. The normalized spacial score (nSPS) is 27.3. The van der Waals surface area contributed by atoms with Crippen LogP contribution in [0.15, 0.2) is 0 Å². The van der Waals surface area contributed by atoms with Gasteiger partial charge < -0.3 is 4.90 Å². The topological polar surface area (TPSA) is 61.9 Å². The van der Waals surface area contributed by atoms with Crippen LogP contribution < -0.4 is 0 Å². The van der Waals surface area contributed by atoms with E-state index >= 15 is 0 Å². The number of piperidine rings is 1. The van der Waals surface area contributed by atoms with Crippen LogP contribution in [-0.2, 0) is 6.42 Å². The zero-order chi connectivity index (χ0) is 12.5. The lowest BCUT2D eigenvalue weighted by Gasteiger charge is -2.37. The monoisotopic (exact) mass is 248 g/mol. The van der Waals surface area contributed by atoms with Gasteiger partial charge in [0.2, 0.25) is 5.82 Å². The second-order valence-electron chi connectivity index (χ2n) is 5.36. The van der Waals surface area contributed by atoms with Crippen LogP contribution in [-0.4, -0.2) is 38.6 Å². The first-order valence-corrected chi connectivity index (χ1v) is 7.02. The van der Waals surface area contributed by atoms with Gasteiger partial charge in [-0.15, -0.1) is 5.10 Å². The minimum atomic E-state index is 0.0163. The van der Waals surface area contributed by atoms with Crippen LogP contribution in [0.1, 0.15) is 55.5 Å². The summed E-state index contributed by atoms with van der Waals surface area (Å²) >= 11 is 0. The second kappa shape index (κ2) is 4.71. The van der Waals surface area contributed by atoms with E-state index in [1.54, 1.807) is 0 Å². The van der Waals surface area contributed by atoms with E-state index in [-0.39, 0.29) is 5.91 Å². The van der Waals surface area contributed by atoms with Crippen molar-refractivity contribution >= 4 is 5.91 Å². The Labute approximate surface area is 107 Å². The van der Waals surface area contributed by atoms with Crippen molar-refractivity contribution in [3.8, 4) is 0 Å². The lowest BCUT2D eigenvalue weighted by molar-refractivity contribution is 0.0536. The molecule has 2 fully saturated rings. The first-order chi connectivity index (χ1) is 8.79. The van der Waals surface area contributed by atoms with Crippen molar-refractivity contribution in [1.82, 2.24) is 20.1 Å². The fourth-order valence-electron chi connectivity index (χ4n) is 3.38. The Bertz CT molecular complexity index is 442. The Morgan fingerprint density at radius 2 is 2.22 bits per heavy atom. The summed E-state index contributed by atoms with van der Waals surface area (Å²) in [6.07, 6.45) is 6.88. The molecule has 98 valence electrons. The molecule has 1 aromatic heterocycles. The zero-order valence-electron chi connectivity index (χ0n) is 10.9. The van der Waals surface area contributed by atoms with Gasteiger partial charge in [-0.1, -0.05) is 13.3 Å². The van der Waals surface area contributed by atoms with E-state index in [1.807, 2.05) is 11.8 Å². The Hall–Kier alpha value is -1.39. The third-order valence-electron chi connectivity index (χ3n) is 4.31. The summed E-state index contributed by atoms with van der Waals surface area (Å²) in [5.74, 6) is 1.87. The van der Waals surface area contributed by atoms with E-state index in [4.69, 9.17) is 0 Å². The number of aryl methyl sites for hydroxylation is 1. The van der Waals surface area contributed by atoms with E-state index in [2.05, 4.69) is 15.2 Å². The summed E-state index contributed by atoms with van der Waals surface area (Å²) in [5.41, 5.74) is 0. The summed E-state index contributed by atoms with van der Waals surface area (Å²) in [7, 11) is 0. The van der Waals surface area contributed by atoms with Crippen molar-refractivity contribution in [1.29, 1.82) is 0 Å². The number of fused-ring (bicyclic) bond motifs is 1. The molecule has 18 heavy (non-hydrogen) atoms. The molecule has 2 unspecified atom stereocenters. The molecule has 1 aromatic rings. The fraction of sp³-hybridized carbons (Fsp3) is 0.769. The second-order valence-corrected chi connectivity index (χ2v) is 5.36. The van der Waals surface area contributed by atoms with E-state index in [0.29, 0.717) is 17.8 Å². The molecule has 0 aromatic carbocycles. The summed E-state index contributed by atoms with van der Waals surface area (Å²) < 4.78 is 0. The summed E-state index contributed by atoms with van der Waals surface area (Å²) in [5, 5.41) is 6.88. The van der Waals surface area contributed by atoms with Crippen LogP contribution >= 0.6 is 0 Å². The third kappa shape index (κ3) is 1.91. The van der Waals surface area contributed by atoms with Crippen molar-refractivity contribution in [3.63, 3.8) is 0 Å². The predicted octanol–water partition coefficient (Wildman–Crippen LogP) is 1.77. The average molecular weight is 248 g/mol. The molecule has 1 amide bonds. The van der Waals surface area contributed by atoms with Crippen LogP contribution in [0.25, 0.3) is 0 Å². The molecule has 0 radical (unpaired) electrons. The van der Waals surface area contributed by atoms with E-state index < -0.39 is 0 Å². The van der Waals surface area contributed by atoms with E-state index in [9.17, 15) is 4.79 Å². The first kappa shape index (κ1) is 11.7. The van der Waals surface area contributed by atoms with E-state index in [1.165, 1.54) is 19.3 Å². The van der Waals surface area contributed by atoms with Crippen molar-refractivity contribution in [2.75, 3.05) is 6.54 Å². The molecule has 1 N–H and O–H groups in total. The fourth-order valence-corrected chi connectivity index (χ4v) is 3.38. The van der Waals surface area contributed by atoms with Gasteiger partial charge in [0.15, 0.2) is 0 Å². The lowest BCUT2D eigenvalue weighted by atomic mass is 9.92. The number of nitrogens with one attached hydrogen (secondary N) is 1. The number of hydrogen-bond acceptors (Lipinski definition) is 3. The number of H-pyrrole nitrogens is 1. The number of rotatable bonds is 2. The highest BCUT2D eigenvalue weighted by Gasteiger charge is 2.38. The molecule has 5 nitrogen and oxygen atoms in total. The Balaban J connectivity index is 1.78. The highest BCUT2D eigenvalue weighted by molar-refractivity contribution is 5.90. The van der Waals surface area contributed by atoms with Gasteiger partial charge in [-0.05, 0) is 31.6 Å². The Morgan fingerprint density at radius 1 is 1.39 bits per heavy atom. The number of carbonyl (C=O) groups excluding carboxylic acids is 1. The lowest BCUT2D eigenvalue weighted by Crippen LogP contribution is -2.46. The van der Waals surface area contributed by atoms with Crippen LogP contribution in [0, 0.1) is 5.92 Å². The van der Waals surface area contributed by atoms with Crippen molar-refractivity contribution in [3.05, 3.63) is 11.6 Å². The van der Waals surface area contributed by atoms with Crippen molar-refractivity contribution < 1.29 is 4.79 Å². The minimum absolute atomic E-state index is 0.0163. The predicted molar refractivity (Wildman–Crippen MR) is 67.2 cm³/mol. The van der Waals surface area contributed by atoms with Crippen molar-refractivity contribution in [2.45, 2.75) is 51.5 Å². The number of nitrogens with zero attached hydrogens (tertiary/aromatic N) is 3. The van der Waals surface area contributed by atoms with Gasteiger partial charge in [0.1, 0.15) is 5.82 Å². The van der Waals surface area contributed by atoms with Crippen LogP contribution in [0.5, 0.6) is 0 Å². The number of aromatic nitrogens is 3. The van der Waals surface area contributed by atoms with Gasteiger partial charge in [-0.3, -0.25) is 9.89 Å². The van der Waals surface area contributed by atoms with E-state index in [0.717, 1.165) is 31.6 Å². The molecule has 2 aliphatic rings. The Kier molecular flexibility index (Phi) is 3.06. The molecule has 1 aliphatic heterocycles. The first-order valence-electron chi connectivity index (χ1n) is 7.02. The summed E-state index contributed by atoms with van der Waals surface area (Å²) in [6.45, 7) is 2.87. The molecule has 0 bridgehead atoms. The van der Waals surface area contributed by atoms with Gasteiger partial charge in [-0.2, -0.15) is 0 Å². The molecule has 1 aliphatic carbocycles. The molecule has 5 heteroatoms. The average Bonchev–Trinajstić information content (AvgIpc) is 3.05. The van der Waals surface area contributed by atoms with Gasteiger partial charge in [0.25, 0.3) is 5.91 Å². The standard InChI is InChI=1S/C13H20N4O/c1-2-11-14-12(16-15-11)13(18)17-8-4-6-9-5-3-7-10(9)17/h9-10H,2-8H2,1H3,(H,14,15,16). The maximum atomic E-state index is 12.5. The number of likely N-dealkylation sites (tertiary alicyclic amines) is 1. The van der Waals surface area contributed by atoms with Crippen LogP contribution in [0.3, 0.4) is 0 Å². The highest BCUT2D eigenvalue weighted by Crippen LogP contribution is 2.37. The molecular formula is C13H20N4O. The third-order valence-corrected chi connectivity index (χ3v) is 4.31. The number of carbonyl (C=O) groups is 1. The largest absolute Gasteiger partial charge is 0.333 e. The van der Waals surface area contributed by atoms with Crippen molar-refractivity contribution in [2.24, 2.45) is 5.92 Å². The Morgan fingerprint density at radius 3 is 3.00 bits per heavy atom. The maximum Gasteiger partial charge on any atom is 0.293 e. The minimum Gasteiger partial charge on any atom is -0.333 e. The SMILES string of the molecule is CCc1nc(C(=O)N2CCCC3CCCC32)n[nH]1. The summed E-state index contributed by atoms with van der Waals surface area (Å²) in [4.78, 5) is 18.7. The molecule has 3 rings (SSSR count). The van der Waals surface area contributed by atoms with Gasteiger partial charge in [0.05, 0.1) is 0 Å². The number of amides is 1. The van der Waals surface area contributed by atoms with Gasteiger partial charge in [-0.25, -0.2) is 4.98 Å². The maximum absolute atomic E-state index is 12.5.